The normalized spacial score (nSPS) is 26.4. The number of hydrogen-bond donors (Lipinski definition) is 1. The molecule has 21 heavy (non-hydrogen) atoms. The predicted molar refractivity (Wildman–Crippen MR) is 88.1 cm³/mol. The third-order valence-corrected chi connectivity index (χ3v) is 4.66. The lowest BCUT2D eigenvalue weighted by molar-refractivity contribution is 0.294. The highest BCUT2D eigenvalue weighted by Gasteiger charge is 2.31. The number of nitrogens with zero attached hydrogens (tertiary/aromatic N) is 1. The third kappa shape index (κ3) is 3.76. The molecule has 1 aliphatic rings. The molecule has 118 valence electrons. The van der Waals surface area contributed by atoms with Crippen LogP contribution in [0.3, 0.4) is 0 Å². The number of benzene rings is 1. The molecule has 1 aromatic rings. The molecule has 0 spiro atoms. The first-order chi connectivity index (χ1) is 9.90. The van der Waals surface area contributed by atoms with E-state index in [-0.39, 0.29) is 5.82 Å². The standard InChI is InChI=1S/C18H29FN2/c1-12(2)20-10-16-7-6-8-17(19)18(16)21-11-13(3)9-14(4)15(21)5/h6-8,12-15,20H,9-11H2,1-5H3. The molecule has 1 heterocycles. The summed E-state index contributed by atoms with van der Waals surface area (Å²) >= 11 is 0. The van der Waals surface area contributed by atoms with Crippen molar-refractivity contribution in [1.82, 2.24) is 5.32 Å². The number of anilines is 1. The molecule has 1 saturated heterocycles. The van der Waals surface area contributed by atoms with Gasteiger partial charge in [-0.15, -0.1) is 0 Å². The van der Waals surface area contributed by atoms with Crippen molar-refractivity contribution in [3.8, 4) is 0 Å². The van der Waals surface area contributed by atoms with Crippen molar-refractivity contribution < 1.29 is 4.39 Å². The summed E-state index contributed by atoms with van der Waals surface area (Å²) in [6, 6.07) is 6.24. The van der Waals surface area contributed by atoms with Gasteiger partial charge in [0.15, 0.2) is 0 Å². The molecule has 0 amide bonds. The molecule has 3 atom stereocenters. The first kappa shape index (κ1) is 16.3. The molecule has 3 unspecified atom stereocenters. The predicted octanol–water partition coefficient (Wildman–Crippen LogP) is 4.19. The molecule has 1 N–H and O–H groups in total. The van der Waals surface area contributed by atoms with Crippen LogP contribution in [0.5, 0.6) is 0 Å². The monoisotopic (exact) mass is 292 g/mol. The maximum atomic E-state index is 14.5. The number of piperidine rings is 1. The molecule has 0 aliphatic carbocycles. The van der Waals surface area contributed by atoms with E-state index in [0.717, 1.165) is 24.3 Å². The van der Waals surface area contributed by atoms with Gasteiger partial charge in [0.1, 0.15) is 5.82 Å². The van der Waals surface area contributed by atoms with Crippen LogP contribution in [0.1, 0.15) is 46.6 Å². The molecule has 2 rings (SSSR count). The highest BCUT2D eigenvalue weighted by molar-refractivity contribution is 5.56. The molecule has 1 aromatic carbocycles. The van der Waals surface area contributed by atoms with Crippen molar-refractivity contribution in [2.24, 2.45) is 11.8 Å². The molecule has 0 saturated carbocycles. The summed E-state index contributed by atoms with van der Waals surface area (Å²) in [7, 11) is 0. The van der Waals surface area contributed by atoms with Gasteiger partial charge in [-0.05, 0) is 36.8 Å². The number of nitrogens with one attached hydrogen (secondary N) is 1. The number of halogens is 1. The Hall–Kier alpha value is -1.09. The Labute approximate surface area is 128 Å². The second-order valence-corrected chi connectivity index (χ2v) is 6.99. The average Bonchev–Trinajstić information content (AvgIpc) is 2.41. The van der Waals surface area contributed by atoms with Gasteiger partial charge in [0.2, 0.25) is 0 Å². The fourth-order valence-corrected chi connectivity index (χ4v) is 3.35. The first-order valence-corrected chi connectivity index (χ1v) is 8.17. The summed E-state index contributed by atoms with van der Waals surface area (Å²) in [6.45, 7) is 12.7. The molecule has 0 radical (unpaired) electrons. The second-order valence-electron chi connectivity index (χ2n) is 6.99. The van der Waals surface area contributed by atoms with E-state index in [2.05, 4.69) is 44.8 Å². The minimum Gasteiger partial charge on any atom is -0.366 e. The Balaban J connectivity index is 2.32. The van der Waals surface area contributed by atoms with Crippen molar-refractivity contribution in [2.75, 3.05) is 11.4 Å². The van der Waals surface area contributed by atoms with Crippen LogP contribution in [0.2, 0.25) is 0 Å². The molecule has 1 fully saturated rings. The van der Waals surface area contributed by atoms with Crippen LogP contribution in [0, 0.1) is 17.7 Å². The highest BCUT2D eigenvalue weighted by atomic mass is 19.1. The minimum atomic E-state index is -0.0915. The SMILES string of the molecule is CC1CC(C)C(C)N(c2c(F)cccc2CNC(C)C)C1. The van der Waals surface area contributed by atoms with E-state index in [1.807, 2.05) is 12.1 Å². The quantitative estimate of drug-likeness (QED) is 0.895. The summed E-state index contributed by atoms with van der Waals surface area (Å²) in [5.41, 5.74) is 1.87. The zero-order valence-electron chi connectivity index (χ0n) is 14.0. The summed E-state index contributed by atoms with van der Waals surface area (Å²) in [5, 5.41) is 3.41. The lowest BCUT2D eigenvalue weighted by Crippen LogP contribution is -2.46. The van der Waals surface area contributed by atoms with E-state index in [9.17, 15) is 4.39 Å². The number of para-hydroxylation sites is 1. The molecular weight excluding hydrogens is 263 g/mol. The molecule has 1 aliphatic heterocycles. The maximum absolute atomic E-state index is 14.5. The van der Waals surface area contributed by atoms with E-state index in [0.29, 0.717) is 23.9 Å². The molecule has 0 aromatic heterocycles. The molecular formula is C18H29FN2. The van der Waals surface area contributed by atoms with Crippen LogP contribution in [-0.2, 0) is 6.54 Å². The highest BCUT2D eigenvalue weighted by Crippen LogP contribution is 2.34. The first-order valence-electron chi connectivity index (χ1n) is 8.17. The number of rotatable bonds is 4. The Kier molecular flexibility index (Phi) is 5.26. The molecule has 2 nitrogen and oxygen atoms in total. The summed E-state index contributed by atoms with van der Waals surface area (Å²) in [5.74, 6) is 1.12. The van der Waals surface area contributed by atoms with E-state index in [4.69, 9.17) is 0 Å². The molecule has 3 heteroatoms. The van der Waals surface area contributed by atoms with Gasteiger partial charge >= 0.3 is 0 Å². The average molecular weight is 292 g/mol. The summed E-state index contributed by atoms with van der Waals surface area (Å²) in [4.78, 5) is 2.28. The molecule has 0 bridgehead atoms. The van der Waals surface area contributed by atoms with Crippen molar-refractivity contribution in [3.63, 3.8) is 0 Å². The Morgan fingerprint density at radius 3 is 2.67 bits per heavy atom. The van der Waals surface area contributed by atoms with Crippen molar-refractivity contribution in [1.29, 1.82) is 0 Å². The zero-order chi connectivity index (χ0) is 15.6. The summed E-state index contributed by atoms with van der Waals surface area (Å²) in [6.07, 6.45) is 1.23. The van der Waals surface area contributed by atoms with Crippen molar-refractivity contribution >= 4 is 5.69 Å². The van der Waals surface area contributed by atoms with Gasteiger partial charge in [0.25, 0.3) is 0 Å². The van der Waals surface area contributed by atoms with E-state index in [1.165, 1.54) is 6.42 Å². The fraction of sp³-hybridized carbons (Fsp3) is 0.667. The van der Waals surface area contributed by atoms with Gasteiger partial charge < -0.3 is 10.2 Å². The van der Waals surface area contributed by atoms with E-state index in [1.54, 1.807) is 6.07 Å². The van der Waals surface area contributed by atoms with Crippen LogP contribution < -0.4 is 10.2 Å². The Bertz CT molecular complexity index is 472. The minimum absolute atomic E-state index is 0.0915. The topological polar surface area (TPSA) is 15.3 Å². The largest absolute Gasteiger partial charge is 0.366 e. The second kappa shape index (κ2) is 6.78. The Morgan fingerprint density at radius 2 is 2.00 bits per heavy atom. The van der Waals surface area contributed by atoms with Crippen LogP contribution in [0.4, 0.5) is 10.1 Å². The lowest BCUT2D eigenvalue weighted by atomic mass is 9.85. The van der Waals surface area contributed by atoms with Gasteiger partial charge in [-0.2, -0.15) is 0 Å². The summed E-state index contributed by atoms with van der Waals surface area (Å²) < 4.78 is 14.5. The van der Waals surface area contributed by atoms with Crippen molar-refractivity contribution in [3.05, 3.63) is 29.6 Å². The Morgan fingerprint density at radius 1 is 1.29 bits per heavy atom. The third-order valence-electron chi connectivity index (χ3n) is 4.66. The van der Waals surface area contributed by atoms with Gasteiger partial charge in [0.05, 0.1) is 5.69 Å². The smallest absolute Gasteiger partial charge is 0.146 e. The van der Waals surface area contributed by atoms with E-state index < -0.39 is 0 Å². The zero-order valence-corrected chi connectivity index (χ0v) is 14.0. The fourth-order valence-electron chi connectivity index (χ4n) is 3.35. The van der Waals surface area contributed by atoms with Gasteiger partial charge in [-0.1, -0.05) is 39.8 Å². The van der Waals surface area contributed by atoms with Crippen LogP contribution in [0.25, 0.3) is 0 Å². The number of hydrogen-bond acceptors (Lipinski definition) is 2. The van der Waals surface area contributed by atoms with Crippen LogP contribution in [-0.4, -0.2) is 18.6 Å². The van der Waals surface area contributed by atoms with Gasteiger partial charge in [0, 0.05) is 25.2 Å². The van der Waals surface area contributed by atoms with Crippen LogP contribution in [0.15, 0.2) is 18.2 Å². The van der Waals surface area contributed by atoms with Gasteiger partial charge in [-0.25, -0.2) is 4.39 Å². The lowest BCUT2D eigenvalue weighted by Gasteiger charge is -2.43. The van der Waals surface area contributed by atoms with E-state index >= 15 is 0 Å². The van der Waals surface area contributed by atoms with Crippen molar-refractivity contribution in [2.45, 2.75) is 59.7 Å². The maximum Gasteiger partial charge on any atom is 0.146 e. The van der Waals surface area contributed by atoms with Crippen LogP contribution >= 0.6 is 0 Å². The van der Waals surface area contributed by atoms with Gasteiger partial charge in [-0.3, -0.25) is 0 Å².